The molecule has 0 aliphatic heterocycles. The third-order valence-electron chi connectivity index (χ3n) is 3.85. The summed E-state index contributed by atoms with van der Waals surface area (Å²) in [6.07, 6.45) is 5.56. The van der Waals surface area contributed by atoms with Gasteiger partial charge in [-0.2, -0.15) is 0 Å². The molecular formula is C17H20N4OS. The normalized spacial score (nSPS) is 11.0. The second kappa shape index (κ2) is 6.91. The van der Waals surface area contributed by atoms with Crippen molar-refractivity contribution >= 4 is 33.3 Å². The van der Waals surface area contributed by atoms with Crippen LogP contribution in [0.5, 0.6) is 0 Å². The predicted octanol–water partition coefficient (Wildman–Crippen LogP) is 3.69. The van der Waals surface area contributed by atoms with Crippen LogP contribution in [0.1, 0.15) is 29.8 Å². The number of fused-ring (bicyclic) bond motifs is 1. The van der Waals surface area contributed by atoms with Crippen molar-refractivity contribution < 1.29 is 4.79 Å². The first-order valence-corrected chi connectivity index (χ1v) is 8.58. The maximum absolute atomic E-state index is 11.9. The van der Waals surface area contributed by atoms with Gasteiger partial charge in [-0.15, -0.1) is 10.2 Å². The zero-order chi connectivity index (χ0) is 16.2. The van der Waals surface area contributed by atoms with Gasteiger partial charge in [-0.25, -0.2) is 0 Å². The number of aromatic nitrogens is 3. The molecule has 0 saturated carbocycles. The van der Waals surface area contributed by atoms with E-state index in [1.165, 1.54) is 27.8 Å². The van der Waals surface area contributed by atoms with Crippen LogP contribution < -0.4 is 5.32 Å². The average Bonchev–Trinajstić information content (AvgIpc) is 3.08. The minimum atomic E-state index is 0.0130. The van der Waals surface area contributed by atoms with Crippen LogP contribution in [-0.4, -0.2) is 20.7 Å². The third-order valence-corrected chi connectivity index (χ3v) is 4.61. The number of nitrogens with one attached hydrogen (secondary N) is 1. The van der Waals surface area contributed by atoms with Crippen LogP contribution in [0.25, 0.3) is 10.9 Å². The number of nitrogens with zero attached hydrogens (tertiary/aromatic N) is 3. The minimum Gasteiger partial charge on any atom is -0.350 e. The summed E-state index contributed by atoms with van der Waals surface area (Å²) in [6.45, 7) is 1.87. The van der Waals surface area contributed by atoms with Gasteiger partial charge in [0.2, 0.25) is 11.0 Å². The Labute approximate surface area is 139 Å². The Morgan fingerprint density at radius 2 is 2.09 bits per heavy atom. The van der Waals surface area contributed by atoms with Crippen LogP contribution in [0.4, 0.5) is 5.13 Å². The van der Waals surface area contributed by atoms with E-state index in [-0.39, 0.29) is 5.91 Å². The largest absolute Gasteiger partial charge is 0.350 e. The Bertz CT molecular complexity index is 821. The SMILES string of the molecule is Cc1nnc(NC(=O)CCCCc2cn(C)c3ccccc23)s1. The van der Waals surface area contributed by atoms with Gasteiger partial charge in [0, 0.05) is 30.6 Å². The van der Waals surface area contributed by atoms with E-state index in [1.54, 1.807) is 0 Å². The van der Waals surface area contributed by atoms with Crippen LogP contribution in [0.15, 0.2) is 30.5 Å². The Balaban J connectivity index is 1.48. The molecule has 5 nitrogen and oxygen atoms in total. The number of benzene rings is 1. The Morgan fingerprint density at radius 1 is 1.26 bits per heavy atom. The van der Waals surface area contributed by atoms with Crippen molar-refractivity contribution in [2.75, 3.05) is 5.32 Å². The summed E-state index contributed by atoms with van der Waals surface area (Å²) >= 11 is 1.40. The maximum Gasteiger partial charge on any atom is 0.226 e. The molecule has 0 saturated heterocycles. The fraction of sp³-hybridized carbons (Fsp3) is 0.353. The summed E-state index contributed by atoms with van der Waals surface area (Å²) in [5, 5.41) is 13.3. The lowest BCUT2D eigenvalue weighted by molar-refractivity contribution is -0.116. The van der Waals surface area contributed by atoms with E-state index >= 15 is 0 Å². The zero-order valence-electron chi connectivity index (χ0n) is 13.4. The summed E-state index contributed by atoms with van der Waals surface area (Å²) in [5.41, 5.74) is 2.61. The smallest absolute Gasteiger partial charge is 0.226 e. The molecule has 0 aliphatic carbocycles. The molecule has 6 heteroatoms. The lowest BCUT2D eigenvalue weighted by Crippen LogP contribution is -2.10. The second-order valence-electron chi connectivity index (χ2n) is 5.66. The monoisotopic (exact) mass is 328 g/mol. The van der Waals surface area contributed by atoms with Crippen molar-refractivity contribution in [1.82, 2.24) is 14.8 Å². The molecule has 3 rings (SSSR count). The highest BCUT2D eigenvalue weighted by Gasteiger charge is 2.08. The highest BCUT2D eigenvalue weighted by Crippen LogP contribution is 2.22. The van der Waals surface area contributed by atoms with Gasteiger partial charge >= 0.3 is 0 Å². The highest BCUT2D eigenvalue weighted by molar-refractivity contribution is 7.15. The van der Waals surface area contributed by atoms with Gasteiger partial charge < -0.3 is 9.88 Å². The molecule has 1 aromatic carbocycles. The quantitative estimate of drug-likeness (QED) is 0.702. The minimum absolute atomic E-state index is 0.0130. The first-order chi connectivity index (χ1) is 11.1. The molecule has 2 heterocycles. The Hall–Kier alpha value is -2.21. The number of anilines is 1. The van der Waals surface area contributed by atoms with Crippen molar-refractivity contribution in [3.05, 3.63) is 41.0 Å². The fourth-order valence-electron chi connectivity index (χ4n) is 2.75. The van der Waals surface area contributed by atoms with E-state index in [9.17, 15) is 4.79 Å². The van der Waals surface area contributed by atoms with Crippen molar-refractivity contribution in [2.45, 2.75) is 32.6 Å². The number of hydrogen-bond acceptors (Lipinski definition) is 4. The van der Waals surface area contributed by atoms with Crippen molar-refractivity contribution in [2.24, 2.45) is 7.05 Å². The van der Waals surface area contributed by atoms with Crippen molar-refractivity contribution in [1.29, 1.82) is 0 Å². The van der Waals surface area contributed by atoms with Crippen LogP contribution in [0, 0.1) is 6.92 Å². The number of hydrogen-bond donors (Lipinski definition) is 1. The molecule has 23 heavy (non-hydrogen) atoms. The summed E-state index contributed by atoms with van der Waals surface area (Å²) in [4.78, 5) is 11.9. The molecule has 0 fully saturated rings. The van der Waals surface area contributed by atoms with E-state index in [0.29, 0.717) is 11.6 Å². The molecule has 1 N–H and O–H groups in total. The van der Waals surface area contributed by atoms with E-state index in [4.69, 9.17) is 0 Å². The zero-order valence-corrected chi connectivity index (χ0v) is 14.2. The number of unbranched alkanes of at least 4 members (excludes halogenated alkanes) is 1. The number of carbonyl (C=O) groups excluding carboxylic acids is 1. The van der Waals surface area contributed by atoms with Gasteiger partial charge in [-0.3, -0.25) is 4.79 Å². The first kappa shape index (κ1) is 15.7. The van der Waals surface area contributed by atoms with Crippen LogP contribution in [-0.2, 0) is 18.3 Å². The molecule has 0 unspecified atom stereocenters. The van der Waals surface area contributed by atoms with Crippen LogP contribution in [0.3, 0.4) is 0 Å². The molecular weight excluding hydrogens is 308 g/mol. The number of amides is 1. The maximum atomic E-state index is 11.9. The first-order valence-electron chi connectivity index (χ1n) is 7.76. The lowest BCUT2D eigenvalue weighted by atomic mass is 10.1. The summed E-state index contributed by atoms with van der Waals surface area (Å²) < 4.78 is 2.16. The molecule has 0 atom stereocenters. The number of aryl methyl sites for hydroxylation is 3. The standard InChI is InChI=1S/C17H20N4OS/c1-12-19-20-17(23-12)18-16(22)10-6-3-7-13-11-21(2)15-9-5-4-8-14(13)15/h4-5,8-9,11H,3,6-7,10H2,1-2H3,(H,18,20,22). The van der Waals surface area contributed by atoms with Gasteiger partial charge in [0.1, 0.15) is 5.01 Å². The van der Waals surface area contributed by atoms with Crippen LogP contribution >= 0.6 is 11.3 Å². The van der Waals surface area contributed by atoms with E-state index in [2.05, 4.69) is 57.6 Å². The van der Waals surface area contributed by atoms with E-state index < -0.39 is 0 Å². The molecule has 120 valence electrons. The Kier molecular flexibility index (Phi) is 4.71. The molecule has 0 bridgehead atoms. The number of para-hydroxylation sites is 1. The molecule has 0 aliphatic rings. The second-order valence-corrected chi connectivity index (χ2v) is 6.85. The molecule has 0 spiro atoms. The summed E-state index contributed by atoms with van der Waals surface area (Å²) in [5.74, 6) is 0.0130. The molecule has 0 radical (unpaired) electrons. The lowest BCUT2D eigenvalue weighted by Gasteiger charge is -2.01. The third kappa shape index (κ3) is 3.76. The Morgan fingerprint density at radius 3 is 2.87 bits per heavy atom. The topological polar surface area (TPSA) is 59.8 Å². The van der Waals surface area contributed by atoms with Crippen LogP contribution in [0.2, 0.25) is 0 Å². The van der Waals surface area contributed by atoms with Gasteiger partial charge in [0.05, 0.1) is 0 Å². The van der Waals surface area contributed by atoms with E-state index in [0.717, 1.165) is 24.3 Å². The van der Waals surface area contributed by atoms with Gasteiger partial charge in [-0.05, 0) is 37.8 Å². The van der Waals surface area contributed by atoms with Crippen molar-refractivity contribution in [3.63, 3.8) is 0 Å². The molecule has 3 aromatic rings. The molecule has 1 amide bonds. The van der Waals surface area contributed by atoms with Gasteiger partial charge in [0.25, 0.3) is 0 Å². The highest BCUT2D eigenvalue weighted by atomic mass is 32.1. The molecule has 2 aromatic heterocycles. The summed E-state index contributed by atoms with van der Waals surface area (Å²) in [7, 11) is 2.07. The van der Waals surface area contributed by atoms with Gasteiger partial charge in [0.15, 0.2) is 0 Å². The number of rotatable bonds is 6. The summed E-state index contributed by atoms with van der Waals surface area (Å²) in [6, 6.07) is 8.43. The van der Waals surface area contributed by atoms with Gasteiger partial charge in [-0.1, -0.05) is 29.5 Å². The van der Waals surface area contributed by atoms with E-state index in [1.807, 2.05) is 6.92 Å². The predicted molar refractivity (Wildman–Crippen MR) is 93.7 cm³/mol. The average molecular weight is 328 g/mol. The number of carbonyl (C=O) groups is 1. The van der Waals surface area contributed by atoms with Crippen molar-refractivity contribution in [3.8, 4) is 0 Å². The fourth-order valence-corrected chi connectivity index (χ4v) is 3.36.